The summed E-state index contributed by atoms with van der Waals surface area (Å²) >= 11 is 0. The average Bonchev–Trinajstić information content (AvgIpc) is 2.73. The number of fused-ring (bicyclic) bond motifs is 1. The molecular formula is C22H21FN4O. The Bertz CT molecular complexity index is 1050. The molecule has 1 aromatic carbocycles. The third-order valence-electron chi connectivity index (χ3n) is 4.56. The van der Waals surface area contributed by atoms with E-state index in [0.29, 0.717) is 24.5 Å². The highest BCUT2D eigenvalue weighted by Gasteiger charge is 2.13. The Kier molecular flexibility index (Phi) is 5.28. The van der Waals surface area contributed by atoms with Crippen LogP contribution in [0.25, 0.3) is 22.3 Å². The highest BCUT2D eigenvalue weighted by Crippen LogP contribution is 2.27. The smallest absolute Gasteiger partial charge is 0.163 e. The van der Waals surface area contributed by atoms with Gasteiger partial charge in [0, 0.05) is 24.2 Å². The molecule has 0 atom stereocenters. The first kappa shape index (κ1) is 18.1. The predicted octanol–water partition coefficient (Wildman–Crippen LogP) is 4.52. The highest BCUT2D eigenvalue weighted by atomic mass is 19.1. The van der Waals surface area contributed by atoms with Crippen molar-refractivity contribution in [3.8, 4) is 11.4 Å². The summed E-state index contributed by atoms with van der Waals surface area (Å²) in [5.41, 5.74) is 1.35. The van der Waals surface area contributed by atoms with E-state index in [-0.39, 0.29) is 0 Å². The van der Waals surface area contributed by atoms with Crippen LogP contribution in [-0.4, -0.2) is 35.2 Å². The Morgan fingerprint density at radius 2 is 2.04 bits per heavy atom. The standard InChI is InChI=1S/C22H21FN4O/c1-27(11-12-28-18-7-3-2-4-8-18)22-19-9-5-6-10-20(19)25-21(26-22)16-13-17(23)15-24-14-16/h3,5-10,13-15H,2,4,11-12H2,1H3. The quantitative estimate of drug-likeness (QED) is 0.633. The fourth-order valence-corrected chi connectivity index (χ4v) is 3.12. The number of rotatable bonds is 6. The van der Waals surface area contributed by atoms with Crippen LogP contribution in [0.3, 0.4) is 0 Å². The Morgan fingerprint density at radius 1 is 1.14 bits per heavy atom. The summed E-state index contributed by atoms with van der Waals surface area (Å²) in [5, 5.41) is 0.940. The van der Waals surface area contributed by atoms with Crippen LogP contribution in [0.5, 0.6) is 0 Å². The van der Waals surface area contributed by atoms with E-state index >= 15 is 0 Å². The molecule has 0 amide bonds. The molecule has 3 aromatic rings. The molecule has 142 valence electrons. The molecule has 0 saturated carbocycles. The number of nitrogens with zero attached hydrogens (tertiary/aromatic N) is 4. The summed E-state index contributed by atoms with van der Waals surface area (Å²) in [4.78, 5) is 15.2. The topological polar surface area (TPSA) is 51.1 Å². The Hall–Kier alpha value is -3.28. The minimum absolute atomic E-state index is 0.411. The molecule has 0 saturated heterocycles. The fourth-order valence-electron chi connectivity index (χ4n) is 3.12. The molecule has 4 rings (SSSR count). The molecule has 2 aromatic heterocycles. The van der Waals surface area contributed by atoms with E-state index in [1.807, 2.05) is 42.3 Å². The van der Waals surface area contributed by atoms with E-state index in [9.17, 15) is 4.39 Å². The zero-order chi connectivity index (χ0) is 19.3. The number of hydrogen-bond donors (Lipinski definition) is 0. The number of halogens is 1. The number of anilines is 1. The highest BCUT2D eigenvalue weighted by molar-refractivity contribution is 5.90. The first-order chi connectivity index (χ1) is 13.7. The number of para-hydroxylation sites is 1. The lowest BCUT2D eigenvalue weighted by Gasteiger charge is -2.21. The van der Waals surface area contributed by atoms with Gasteiger partial charge < -0.3 is 9.64 Å². The van der Waals surface area contributed by atoms with Gasteiger partial charge in [0.15, 0.2) is 5.82 Å². The molecule has 1 aliphatic carbocycles. The van der Waals surface area contributed by atoms with Gasteiger partial charge in [-0.3, -0.25) is 4.98 Å². The van der Waals surface area contributed by atoms with Gasteiger partial charge in [-0.2, -0.15) is 0 Å². The molecule has 0 spiro atoms. The lowest BCUT2D eigenvalue weighted by molar-refractivity contribution is 0.230. The van der Waals surface area contributed by atoms with Gasteiger partial charge in [0.1, 0.15) is 24.0 Å². The van der Waals surface area contributed by atoms with Crippen LogP contribution in [0.1, 0.15) is 12.8 Å². The number of likely N-dealkylation sites (N-methyl/N-ethyl adjacent to an activating group) is 1. The molecule has 0 bridgehead atoms. The first-order valence-electron chi connectivity index (χ1n) is 9.29. The second-order valence-electron chi connectivity index (χ2n) is 6.64. The van der Waals surface area contributed by atoms with Gasteiger partial charge in [-0.15, -0.1) is 0 Å². The van der Waals surface area contributed by atoms with Gasteiger partial charge in [-0.1, -0.05) is 18.2 Å². The summed E-state index contributed by atoms with van der Waals surface area (Å²) in [6, 6.07) is 9.20. The van der Waals surface area contributed by atoms with E-state index in [2.05, 4.69) is 22.1 Å². The molecule has 0 radical (unpaired) electrons. The van der Waals surface area contributed by atoms with Gasteiger partial charge in [0.25, 0.3) is 0 Å². The van der Waals surface area contributed by atoms with Crippen molar-refractivity contribution in [2.45, 2.75) is 12.8 Å². The first-order valence-corrected chi connectivity index (χ1v) is 9.29. The van der Waals surface area contributed by atoms with E-state index in [0.717, 1.165) is 35.3 Å². The molecule has 0 fully saturated rings. The third kappa shape index (κ3) is 4.01. The van der Waals surface area contributed by atoms with E-state index in [1.165, 1.54) is 12.3 Å². The van der Waals surface area contributed by atoms with Crippen molar-refractivity contribution in [1.29, 1.82) is 0 Å². The molecule has 6 heteroatoms. The number of benzene rings is 1. The van der Waals surface area contributed by atoms with Crippen LogP contribution in [0.4, 0.5) is 10.2 Å². The number of pyridine rings is 1. The maximum atomic E-state index is 13.6. The summed E-state index contributed by atoms with van der Waals surface area (Å²) in [6.07, 6.45) is 11.1. The van der Waals surface area contributed by atoms with Crippen molar-refractivity contribution in [3.63, 3.8) is 0 Å². The maximum Gasteiger partial charge on any atom is 0.163 e. The second-order valence-corrected chi connectivity index (χ2v) is 6.64. The summed E-state index contributed by atoms with van der Waals surface area (Å²) in [7, 11) is 1.97. The number of aromatic nitrogens is 3. The summed E-state index contributed by atoms with van der Waals surface area (Å²) < 4.78 is 19.5. The molecule has 0 aliphatic heterocycles. The fraction of sp³-hybridized carbons (Fsp3) is 0.227. The minimum Gasteiger partial charge on any atom is -0.492 e. The van der Waals surface area contributed by atoms with Crippen LogP contribution in [0.2, 0.25) is 0 Å². The van der Waals surface area contributed by atoms with Gasteiger partial charge in [-0.25, -0.2) is 14.4 Å². The van der Waals surface area contributed by atoms with Gasteiger partial charge in [0.05, 0.1) is 18.3 Å². The zero-order valence-electron chi connectivity index (χ0n) is 15.7. The third-order valence-corrected chi connectivity index (χ3v) is 4.56. The van der Waals surface area contributed by atoms with E-state index in [4.69, 9.17) is 9.72 Å². The minimum atomic E-state index is -0.411. The number of hydrogen-bond acceptors (Lipinski definition) is 5. The Labute approximate surface area is 163 Å². The maximum absolute atomic E-state index is 13.6. The van der Waals surface area contributed by atoms with Crippen molar-refractivity contribution < 1.29 is 9.13 Å². The molecule has 1 aliphatic rings. The van der Waals surface area contributed by atoms with Crippen LogP contribution >= 0.6 is 0 Å². The van der Waals surface area contributed by atoms with Crippen LogP contribution in [-0.2, 0) is 4.74 Å². The SMILES string of the molecule is CN(CCOC1=CCCC=C1)c1nc(-c2cncc(F)c2)nc2ccccc12. The van der Waals surface area contributed by atoms with Crippen LogP contribution < -0.4 is 4.90 Å². The van der Waals surface area contributed by atoms with E-state index < -0.39 is 5.82 Å². The van der Waals surface area contributed by atoms with E-state index in [1.54, 1.807) is 6.20 Å². The molecule has 0 unspecified atom stereocenters. The molecule has 0 N–H and O–H groups in total. The molecule has 28 heavy (non-hydrogen) atoms. The summed E-state index contributed by atoms with van der Waals surface area (Å²) in [5.74, 6) is 1.73. The second kappa shape index (κ2) is 8.17. The van der Waals surface area contributed by atoms with Crippen molar-refractivity contribution in [2.75, 3.05) is 25.1 Å². The lowest BCUT2D eigenvalue weighted by atomic mass is 10.2. The van der Waals surface area contributed by atoms with Gasteiger partial charge in [0.2, 0.25) is 0 Å². The van der Waals surface area contributed by atoms with Gasteiger partial charge in [-0.05, 0) is 43.2 Å². The predicted molar refractivity (Wildman–Crippen MR) is 108 cm³/mol. The average molecular weight is 376 g/mol. The van der Waals surface area contributed by atoms with Crippen molar-refractivity contribution in [3.05, 3.63) is 72.5 Å². The largest absolute Gasteiger partial charge is 0.492 e. The monoisotopic (exact) mass is 376 g/mol. The zero-order valence-corrected chi connectivity index (χ0v) is 15.7. The normalized spacial score (nSPS) is 13.4. The van der Waals surface area contributed by atoms with Crippen LogP contribution in [0.15, 0.2) is 66.7 Å². The summed E-state index contributed by atoms with van der Waals surface area (Å²) in [6.45, 7) is 1.20. The van der Waals surface area contributed by atoms with Crippen molar-refractivity contribution in [1.82, 2.24) is 15.0 Å². The van der Waals surface area contributed by atoms with Crippen LogP contribution in [0, 0.1) is 5.82 Å². The molecular weight excluding hydrogens is 355 g/mol. The van der Waals surface area contributed by atoms with Gasteiger partial charge >= 0.3 is 0 Å². The number of allylic oxidation sites excluding steroid dienone is 3. The lowest BCUT2D eigenvalue weighted by Crippen LogP contribution is -2.24. The van der Waals surface area contributed by atoms with Crippen molar-refractivity contribution >= 4 is 16.7 Å². The number of ether oxygens (including phenoxy) is 1. The molecule has 2 heterocycles. The van der Waals surface area contributed by atoms with Crippen molar-refractivity contribution in [2.24, 2.45) is 0 Å². The Balaban J connectivity index is 1.61. The molecule has 5 nitrogen and oxygen atoms in total. The Morgan fingerprint density at radius 3 is 2.86 bits per heavy atom.